The second-order valence-electron chi connectivity index (χ2n) is 4.96. The summed E-state index contributed by atoms with van der Waals surface area (Å²) in [4.78, 5) is 0. The molecule has 0 aliphatic heterocycles. The minimum Gasteiger partial charge on any atom is -0.497 e. The Balaban J connectivity index is 2.36. The number of hydrogen-bond acceptors (Lipinski definition) is 2. The van der Waals surface area contributed by atoms with Crippen LogP contribution in [0.1, 0.15) is 30.4 Å². The molecular weight excluding hydrogens is 298 g/mol. The lowest BCUT2D eigenvalue weighted by molar-refractivity contribution is 0.390. The Bertz CT molecular complexity index is 745. The van der Waals surface area contributed by atoms with Gasteiger partial charge < -0.3 is 9.47 Å². The minimum atomic E-state index is -0.658. The van der Waals surface area contributed by atoms with Gasteiger partial charge in [-0.1, -0.05) is 24.8 Å². The van der Waals surface area contributed by atoms with Gasteiger partial charge in [0.05, 0.1) is 19.8 Å². The third kappa shape index (κ3) is 4.01. The zero-order chi connectivity index (χ0) is 16.8. The monoisotopic (exact) mass is 316 g/mol. The summed E-state index contributed by atoms with van der Waals surface area (Å²) in [6.07, 6.45) is 0.735. The summed E-state index contributed by atoms with van der Waals surface area (Å²) in [7, 11) is 3.17. The maximum absolute atomic E-state index is 13.7. The van der Waals surface area contributed by atoms with Crippen molar-refractivity contribution in [2.24, 2.45) is 0 Å². The van der Waals surface area contributed by atoms with Gasteiger partial charge in [0.2, 0.25) is 0 Å². The number of benzene rings is 2. The summed E-state index contributed by atoms with van der Waals surface area (Å²) >= 11 is 0. The quantitative estimate of drug-likeness (QED) is 0.772. The average Bonchev–Trinajstić information content (AvgIpc) is 2.57. The van der Waals surface area contributed by atoms with Crippen LogP contribution in [0.25, 0.3) is 0 Å². The van der Waals surface area contributed by atoms with Crippen LogP contribution in [0, 0.1) is 23.5 Å². The summed E-state index contributed by atoms with van der Waals surface area (Å²) in [6, 6.07) is 8.89. The van der Waals surface area contributed by atoms with E-state index in [0.717, 1.165) is 18.1 Å². The predicted octanol–water partition coefficient (Wildman–Crippen LogP) is 4.53. The van der Waals surface area contributed by atoms with Crippen molar-refractivity contribution in [2.45, 2.75) is 19.3 Å². The normalized spacial score (nSPS) is 11.3. The van der Waals surface area contributed by atoms with E-state index in [9.17, 15) is 8.78 Å². The molecule has 0 aliphatic rings. The molecule has 0 amide bonds. The molecule has 2 aromatic carbocycles. The van der Waals surface area contributed by atoms with E-state index in [1.165, 1.54) is 12.1 Å². The summed E-state index contributed by atoms with van der Waals surface area (Å²) < 4.78 is 37.2. The maximum atomic E-state index is 13.7. The second kappa shape index (κ2) is 7.64. The van der Waals surface area contributed by atoms with E-state index in [1.54, 1.807) is 20.3 Å². The van der Waals surface area contributed by atoms with E-state index in [0.29, 0.717) is 11.5 Å². The molecule has 1 atom stereocenters. The van der Waals surface area contributed by atoms with E-state index in [2.05, 4.69) is 11.8 Å². The largest absolute Gasteiger partial charge is 0.497 e. The first kappa shape index (κ1) is 16.8. The van der Waals surface area contributed by atoms with Crippen molar-refractivity contribution < 1.29 is 18.3 Å². The minimum absolute atomic E-state index is 0.125. The van der Waals surface area contributed by atoms with E-state index in [1.807, 2.05) is 19.1 Å². The first-order valence-electron chi connectivity index (χ1n) is 7.27. The summed E-state index contributed by atoms with van der Waals surface area (Å²) in [5, 5.41) is 0. The Hall–Kier alpha value is -2.54. The summed E-state index contributed by atoms with van der Waals surface area (Å²) in [5.74, 6) is 5.80. The topological polar surface area (TPSA) is 18.5 Å². The lowest BCUT2D eigenvalue weighted by Crippen LogP contribution is -1.99. The lowest BCUT2D eigenvalue weighted by Gasteiger charge is -2.14. The molecule has 4 heteroatoms. The molecule has 120 valence electrons. The van der Waals surface area contributed by atoms with Crippen LogP contribution in [0.2, 0.25) is 0 Å². The van der Waals surface area contributed by atoms with Crippen molar-refractivity contribution in [2.75, 3.05) is 14.2 Å². The van der Waals surface area contributed by atoms with Gasteiger partial charge in [0.1, 0.15) is 23.1 Å². The van der Waals surface area contributed by atoms with Crippen LogP contribution in [0.3, 0.4) is 0 Å². The highest BCUT2D eigenvalue weighted by atomic mass is 19.1. The SMILES string of the molecule is CCC(C#Cc1ccc(F)cc1F)c1ccc(OC)cc1OC. The molecule has 1 unspecified atom stereocenters. The van der Waals surface area contributed by atoms with Gasteiger partial charge in [0, 0.05) is 23.6 Å². The number of hydrogen-bond donors (Lipinski definition) is 0. The Labute approximate surface area is 135 Å². The smallest absolute Gasteiger partial charge is 0.141 e. The molecule has 0 bridgehead atoms. The second-order valence-corrected chi connectivity index (χ2v) is 4.96. The highest BCUT2D eigenvalue weighted by Crippen LogP contribution is 2.32. The molecule has 0 aliphatic carbocycles. The molecule has 23 heavy (non-hydrogen) atoms. The summed E-state index contributed by atoms with van der Waals surface area (Å²) in [5.41, 5.74) is 1.09. The van der Waals surface area contributed by atoms with Gasteiger partial charge >= 0.3 is 0 Å². The van der Waals surface area contributed by atoms with Crippen molar-refractivity contribution >= 4 is 0 Å². The van der Waals surface area contributed by atoms with Gasteiger partial charge in [0.15, 0.2) is 0 Å². The van der Waals surface area contributed by atoms with Crippen molar-refractivity contribution in [1.29, 1.82) is 0 Å². The molecule has 0 N–H and O–H groups in total. The van der Waals surface area contributed by atoms with Crippen molar-refractivity contribution in [1.82, 2.24) is 0 Å². The van der Waals surface area contributed by atoms with Crippen LogP contribution in [0.4, 0.5) is 8.78 Å². The molecule has 0 aromatic heterocycles. The number of halogens is 2. The fraction of sp³-hybridized carbons (Fsp3) is 0.263. The number of methoxy groups -OCH3 is 2. The van der Waals surface area contributed by atoms with Crippen LogP contribution in [-0.4, -0.2) is 14.2 Å². The van der Waals surface area contributed by atoms with Gasteiger partial charge in [-0.2, -0.15) is 0 Å². The fourth-order valence-corrected chi connectivity index (χ4v) is 2.26. The van der Waals surface area contributed by atoms with Crippen LogP contribution >= 0.6 is 0 Å². The van der Waals surface area contributed by atoms with Gasteiger partial charge in [-0.3, -0.25) is 0 Å². The third-order valence-electron chi connectivity index (χ3n) is 3.54. The lowest BCUT2D eigenvalue weighted by atomic mass is 9.95. The molecule has 0 fully saturated rings. The highest BCUT2D eigenvalue weighted by molar-refractivity contribution is 5.47. The molecule has 0 saturated heterocycles. The Morgan fingerprint density at radius 3 is 2.43 bits per heavy atom. The Morgan fingerprint density at radius 2 is 1.83 bits per heavy atom. The Morgan fingerprint density at radius 1 is 1.04 bits per heavy atom. The number of ether oxygens (including phenoxy) is 2. The third-order valence-corrected chi connectivity index (χ3v) is 3.54. The summed E-state index contributed by atoms with van der Waals surface area (Å²) in [6.45, 7) is 1.99. The van der Waals surface area contributed by atoms with Gasteiger partial charge in [0.25, 0.3) is 0 Å². The molecule has 0 heterocycles. The standard InChI is InChI=1S/C19H18F2O2/c1-4-13(5-6-14-7-8-15(20)11-18(14)21)17-10-9-16(22-2)12-19(17)23-3/h7-13H,4H2,1-3H3. The first-order chi connectivity index (χ1) is 11.1. The fourth-order valence-electron chi connectivity index (χ4n) is 2.26. The van der Waals surface area contributed by atoms with Gasteiger partial charge in [-0.15, -0.1) is 0 Å². The predicted molar refractivity (Wildman–Crippen MR) is 85.8 cm³/mol. The molecule has 2 aromatic rings. The van der Waals surface area contributed by atoms with Crippen LogP contribution in [-0.2, 0) is 0 Å². The van der Waals surface area contributed by atoms with Gasteiger partial charge in [-0.05, 0) is 24.6 Å². The number of rotatable bonds is 4. The Kier molecular flexibility index (Phi) is 5.59. The van der Waals surface area contributed by atoms with Gasteiger partial charge in [-0.25, -0.2) is 8.78 Å². The molecule has 2 rings (SSSR count). The first-order valence-corrected chi connectivity index (χ1v) is 7.27. The molecule has 0 spiro atoms. The van der Waals surface area contributed by atoms with E-state index in [-0.39, 0.29) is 11.5 Å². The average molecular weight is 316 g/mol. The van der Waals surface area contributed by atoms with Crippen molar-refractivity contribution in [3.63, 3.8) is 0 Å². The van der Waals surface area contributed by atoms with E-state index >= 15 is 0 Å². The molecule has 0 saturated carbocycles. The molecule has 2 nitrogen and oxygen atoms in total. The maximum Gasteiger partial charge on any atom is 0.141 e. The molecule has 0 radical (unpaired) electrons. The van der Waals surface area contributed by atoms with Crippen LogP contribution in [0.5, 0.6) is 11.5 Å². The van der Waals surface area contributed by atoms with Crippen LogP contribution < -0.4 is 9.47 Å². The molecular formula is C19H18F2O2. The van der Waals surface area contributed by atoms with E-state index < -0.39 is 11.6 Å². The van der Waals surface area contributed by atoms with Crippen molar-refractivity contribution in [3.05, 3.63) is 59.2 Å². The highest BCUT2D eigenvalue weighted by Gasteiger charge is 2.13. The van der Waals surface area contributed by atoms with Crippen molar-refractivity contribution in [3.8, 4) is 23.3 Å². The zero-order valence-electron chi connectivity index (χ0n) is 13.3. The van der Waals surface area contributed by atoms with E-state index in [4.69, 9.17) is 9.47 Å². The van der Waals surface area contributed by atoms with Crippen LogP contribution in [0.15, 0.2) is 36.4 Å². The zero-order valence-corrected chi connectivity index (χ0v) is 13.3.